The van der Waals surface area contributed by atoms with Crippen molar-refractivity contribution in [1.29, 1.82) is 0 Å². The van der Waals surface area contributed by atoms with E-state index in [0.29, 0.717) is 18.6 Å². The first-order chi connectivity index (χ1) is 11.5. The fraction of sp³-hybridized carbons (Fsp3) is 0.389. The van der Waals surface area contributed by atoms with E-state index in [1.807, 2.05) is 37.3 Å². The Hall–Kier alpha value is -2.63. The molecule has 0 bridgehead atoms. The third-order valence-corrected chi connectivity index (χ3v) is 4.40. The molecule has 0 radical (unpaired) electrons. The van der Waals surface area contributed by atoms with Gasteiger partial charge < -0.3 is 4.74 Å². The molecule has 1 aliphatic carbocycles. The summed E-state index contributed by atoms with van der Waals surface area (Å²) in [5.74, 6) is -1.37. The molecule has 3 amide bonds. The van der Waals surface area contributed by atoms with E-state index < -0.39 is 12.0 Å². The number of ether oxygens (including phenoxy) is 1. The van der Waals surface area contributed by atoms with E-state index in [-0.39, 0.29) is 23.7 Å². The molecular weight excluding hydrogens is 308 g/mol. The summed E-state index contributed by atoms with van der Waals surface area (Å²) in [6.07, 6.45) is 4.06. The fourth-order valence-corrected chi connectivity index (χ4v) is 3.06. The van der Waals surface area contributed by atoms with Crippen molar-refractivity contribution >= 4 is 17.7 Å². The van der Waals surface area contributed by atoms with Gasteiger partial charge in [-0.25, -0.2) is 0 Å². The van der Waals surface area contributed by atoms with Crippen molar-refractivity contribution in [1.82, 2.24) is 10.4 Å². The summed E-state index contributed by atoms with van der Waals surface area (Å²) in [6.45, 7) is 3.51. The first-order valence-electron chi connectivity index (χ1n) is 8.04. The second-order valence-corrected chi connectivity index (χ2v) is 6.22. The summed E-state index contributed by atoms with van der Waals surface area (Å²) >= 11 is 0. The normalized spacial score (nSPS) is 23.8. The molecule has 126 valence electrons. The number of carbonyl (C=O) groups excluding carboxylic acids is 3. The Morgan fingerprint density at radius 2 is 1.83 bits per heavy atom. The molecule has 24 heavy (non-hydrogen) atoms. The van der Waals surface area contributed by atoms with Gasteiger partial charge in [0.1, 0.15) is 5.75 Å². The van der Waals surface area contributed by atoms with Crippen LogP contribution in [0.5, 0.6) is 5.75 Å². The number of aryl methyl sites for hydroxylation is 1. The zero-order valence-corrected chi connectivity index (χ0v) is 13.7. The first-order valence-corrected chi connectivity index (χ1v) is 8.04. The Balaban J connectivity index is 1.64. The van der Waals surface area contributed by atoms with Gasteiger partial charge in [0.05, 0.1) is 11.8 Å². The largest absolute Gasteiger partial charge is 0.481 e. The standard InChI is InChI=1S/C18H20N2O4/c1-11-6-5-7-13(10-11)24-12(2)16(21)19-20-17(22)14-8-3-4-9-15(14)18(20)23/h3-7,10,12,14-15H,8-9H2,1-2H3,(H,19,21)/t12-,14-,15+/m1/s1. The molecule has 0 saturated carbocycles. The van der Waals surface area contributed by atoms with Crippen molar-refractivity contribution in [3.05, 3.63) is 42.0 Å². The Kier molecular flexibility index (Phi) is 4.38. The van der Waals surface area contributed by atoms with Gasteiger partial charge in [0.2, 0.25) is 0 Å². The number of hydrogen-bond donors (Lipinski definition) is 1. The summed E-state index contributed by atoms with van der Waals surface area (Å²) in [5, 5.41) is 0.862. The van der Waals surface area contributed by atoms with Crippen molar-refractivity contribution < 1.29 is 19.1 Å². The number of allylic oxidation sites excluding steroid dienone is 2. The average molecular weight is 328 g/mol. The monoisotopic (exact) mass is 328 g/mol. The zero-order chi connectivity index (χ0) is 17.3. The fourth-order valence-electron chi connectivity index (χ4n) is 3.06. The molecule has 0 spiro atoms. The van der Waals surface area contributed by atoms with Crippen molar-refractivity contribution in [2.45, 2.75) is 32.8 Å². The van der Waals surface area contributed by atoms with Crippen molar-refractivity contribution in [2.24, 2.45) is 11.8 Å². The molecule has 1 aromatic carbocycles. The van der Waals surface area contributed by atoms with Crippen LogP contribution in [-0.4, -0.2) is 28.8 Å². The molecule has 1 saturated heterocycles. The summed E-state index contributed by atoms with van der Waals surface area (Å²) in [7, 11) is 0. The van der Waals surface area contributed by atoms with Crippen LogP contribution in [0.15, 0.2) is 36.4 Å². The average Bonchev–Trinajstić information content (AvgIpc) is 2.80. The van der Waals surface area contributed by atoms with Crippen LogP contribution >= 0.6 is 0 Å². The lowest BCUT2D eigenvalue weighted by Crippen LogP contribution is -2.50. The second-order valence-electron chi connectivity index (χ2n) is 6.22. The molecule has 0 unspecified atom stereocenters. The molecule has 1 aromatic rings. The molecule has 2 aliphatic rings. The number of hydrogen-bond acceptors (Lipinski definition) is 4. The topological polar surface area (TPSA) is 75.7 Å². The van der Waals surface area contributed by atoms with Gasteiger partial charge in [0.15, 0.2) is 6.10 Å². The number of hydrazine groups is 1. The number of imide groups is 1. The van der Waals surface area contributed by atoms with Gasteiger partial charge in [-0.05, 0) is 44.4 Å². The van der Waals surface area contributed by atoms with E-state index in [1.165, 1.54) is 0 Å². The lowest BCUT2D eigenvalue weighted by atomic mass is 9.85. The minimum absolute atomic E-state index is 0.342. The molecule has 6 nitrogen and oxygen atoms in total. The number of fused-ring (bicyclic) bond motifs is 1. The van der Waals surface area contributed by atoms with E-state index in [1.54, 1.807) is 13.0 Å². The van der Waals surface area contributed by atoms with E-state index in [0.717, 1.165) is 10.6 Å². The van der Waals surface area contributed by atoms with Crippen LogP contribution in [0.25, 0.3) is 0 Å². The quantitative estimate of drug-likeness (QED) is 0.675. The van der Waals surface area contributed by atoms with Crippen LogP contribution < -0.4 is 10.2 Å². The van der Waals surface area contributed by atoms with Gasteiger partial charge in [-0.2, -0.15) is 5.01 Å². The SMILES string of the molecule is Cc1cccc(O[C@H](C)C(=O)NN2C(=O)[C@H]3CC=CC[C@H]3C2=O)c1. The Morgan fingerprint density at radius 1 is 1.21 bits per heavy atom. The van der Waals surface area contributed by atoms with Crippen LogP contribution in [0.4, 0.5) is 0 Å². The molecule has 6 heteroatoms. The highest BCUT2D eigenvalue weighted by Gasteiger charge is 2.48. The molecule has 1 heterocycles. The van der Waals surface area contributed by atoms with E-state index in [4.69, 9.17) is 4.74 Å². The molecule has 1 N–H and O–H groups in total. The Morgan fingerprint density at radius 3 is 2.42 bits per heavy atom. The maximum Gasteiger partial charge on any atom is 0.279 e. The highest BCUT2D eigenvalue weighted by atomic mass is 16.5. The minimum atomic E-state index is -0.826. The zero-order valence-electron chi connectivity index (χ0n) is 13.7. The van der Waals surface area contributed by atoms with Gasteiger partial charge in [0.25, 0.3) is 17.7 Å². The van der Waals surface area contributed by atoms with Crippen molar-refractivity contribution in [3.8, 4) is 5.75 Å². The van der Waals surface area contributed by atoms with Crippen molar-refractivity contribution in [3.63, 3.8) is 0 Å². The summed E-state index contributed by atoms with van der Waals surface area (Å²) in [4.78, 5) is 36.9. The van der Waals surface area contributed by atoms with Crippen molar-refractivity contribution in [2.75, 3.05) is 0 Å². The number of benzene rings is 1. The van der Waals surface area contributed by atoms with Crippen LogP contribution in [-0.2, 0) is 14.4 Å². The van der Waals surface area contributed by atoms with E-state index >= 15 is 0 Å². The number of rotatable bonds is 4. The lowest BCUT2D eigenvalue weighted by molar-refractivity contribution is -0.151. The van der Waals surface area contributed by atoms with Crippen LogP contribution in [0.3, 0.4) is 0 Å². The third-order valence-electron chi connectivity index (χ3n) is 4.40. The van der Waals surface area contributed by atoms with Crippen LogP contribution in [0, 0.1) is 18.8 Å². The molecular formula is C18H20N2O4. The van der Waals surface area contributed by atoms with Gasteiger partial charge in [-0.15, -0.1) is 0 Å². The maximum absolute atomic E-state index is 12.3. The van der Waals surface area contributed by atoms with Gasteiger partial charge in [-0.3, -0.25) is 19.8 Å². The van der Waals surface area contributed by atoms with Crippen LogP contribution in [0.2, 0.25) is 0 Å². The van der Waals surface area contributed by atoms with Gasteiger partial charge in [0, 0.05) is 0 Å². The predicted molar refractivity (Wildman–Crippen MR) is 86.6 cm³/mol. The van der Waals surface area contributed by atoms with Gasteiger partial charge >= 0.3 is 0 Å². The lowest BCUT2D eigenvalue weighted by Gasteiger charge is -2.20. The Labute approximate surface area is 140 Å². The highest BCUT2D eigenvalue weighted by Crippen LogP contribution is 2.34. The molecule has 3 atom stereocenters. The number of nitrogens with zero attached hydrogens (tertiary/aromatic N) is 1. The number of amides is 3. The second kappa shape index (κ2) is 6.47. The molecule has 3 rings (SSSR count). The first kappa shape index (κ1) is 16.2. The molecule has 1 aliphatic heterocycles. The maximum atomic E-state index is 12.3. The number of carbonyl (C=O) groups is 3. The molecule has 0 aromatic heterocycles. The van der Waals surface area contributed by atoms with Gasteiger partial charge in [-0.1, -0.05) is 24.3 Å². The highest BCUT2D eigenvalue weighted by molar-refractivity contribution is 6.06. The Bertz CT molecular complexity index is 687. The van der Waals surface area contributed by atoms with E-state index in [2.05, 4.69) is 5.43 Å². The van der Waals surface area contributed by atoms with Crippen LogP contribution in [0.1, 0.15) is 25.3 Å². The van der Waals surface area contributed by atoms with E-state index in [9.17, 15) is 14.4 Å². The summed E-state index contributed by atoms with van der Waals surface area (Å²) in [6, 6.07) is 7.33. The minimum Gasteiger partial charge on any atom is -0.481 e. The number of nitrogens with one attached hydrogen (secondary N) is 1. The summed E-state index contributed by atoms with van der Waals surface area (Å²) in [5.41, 5.74) is 3.43. The predicted octanol–water partition coefficient (Wildman–Crippen LogP) is 1.74. The third kappa shape index (κ3) is 3.04. The smallest absolute Gasteiger partial charge is 0.279 e. The summed E-state index contributed by atoms with van der Waals surface area (Å²) < 4.78 is 5.58. The molecule has 1 fully saturated rings.